The van der Waals surface area contributed by atoms with Crippen LogP contribution < -0.4 is 10.5 Å². The maximum absolute atomic E-state index is 5.68. The molecule has 0 unspecified atom stereocenters. The number of aromatic nitrogens is 2. The summed E-state index contributed by atoms with van der Waals surface area (Å²) in [6.45, 7) is 0.495. The van der Waals surface area contributed by atoms with Crippen molar-refractivity contribution in [3.63, 3.8) is 0 Å². The Morgan fingerprint density at radius 2 is 2.00 bits per heavy atom. The fourth-order valence-electron chi connectivity index (χ4n) is 1.68. The summed E-state index contributed by atoms with van der Waals surface area (Å²) in [5, 5.41) is 4.40. The molecule has 0 bridgehead atoms. The fraction of sp³-hybridized carbons (Fsp3) is 0.250. The van der Waals surface area contributed by atoms with Crippen LogP contribution in [0.5, 0.6) is 5.75 Å². The van der Waals surface area contributed by atoms with Crippen LogP contribution >= 0.6 is 0 Å². The van der Waals surface area contributed by atoms with Gasteiger partial charge in [-0.1, -0.05) is 0 Å². The van der Waals surface area contributed by atoms with Crippen LogP contribution in [0.15, 0.2) is 30.5 Å². The van der Waals surface area contributed by atoms with Crippen LogP contribution in [0.2, 0.25) is 0 Å². The highest BCUT2D eigenvalue weighted by Gasteiger charge is 2.08. The lowest BCUT2D eigenvalue weighted by molar-refractivity contribution is 0.415. The van der Waals surface area contributed by atoms with Crippen molar-refractivity contribution < 1.29 is 4.74 Å². The van der Waals surface area contributed by atoms with Crippen molar-refractivity contribution in [2.24, 2.45) is 12.8 Å². The molecule has 4 heteroatoms. The zero-order valence-corrected chi connectivity index (χ0v) is 9.47. The molecular formula is C12H15N3O. The van der Waals surface area contributed by atoms with Crippen molar-refractivity contribution in [1.82, 2.24) is 9.78 Å². The average molecular weight is 217 g/mol. The maximum atomic E-state index is 5.68. The lowest BCUT2D eigenvalue weighted by Gasteiger charge is -2.02. The van der Waals surface area contributed by atoms with Gasteiger partial charge in [-0.15, -0.1) is 0 Å². The molecule has 16 heavy (non-hydrogen) atoms. The number of aryl methyl sites for hydroxylation is 1. The zero-order chi connectivity index (χ0) is 11.5. The van der Waals surface area contributed by atoms with Gasteiger partial charge in [0, 0.05) is 30.9 Å². The van der Waals surface area contributed by atoms with Gasteiger partial charge in [-0.25, -0.2) is 0 Å². The Kier molecular flexibility index (Phi) is 2.92. The maximum Gasteiger partial charge on any atom is 0.118 e. The average Bonchev–Trinajstić information content (AvgIpc) is 2.70. The highest BCUT2D eigenvalue weighted by molar-refractivity contribution is 5.63. The standard InChI is InChI=1S/C12H15N3O/c1-15-8-10(7-13)12(14-15)9-3-5-11(16-2)6-4-9/h3-6,8H,7,13H2,1-2H3. The number of hydrogen-bond acceptors (Lipinski definition) is 3. The molecule has 1 aromatic heterocycles. The molecule has 0 spiro atoms. The summed E-state index contributed by atoms with van der Waals surface area (Å²) in [5.74, 6) is 0.842. The van der Waals surface area contributed by atoms with Gasteiger partial charge in [0.25, 0.3) is 0 Å². The third-order valence-electron chi connectivity index (χ3n) is 2.49. The van der Waals surface area contributed by atoms with Crippen LogP contribution in [0.1, 0.15) is 5.56 Å². The molecule has 4 nitrogen and oxygen atoms in total. The number of nitrogens with two attached hydrogens (primary N) is 1. The SMILES string of the molecule is COc1ccc(-c2nn(C)cc2CN)cc1. The van der Waals surface area contributed by atoms with Crippen molar-refractivity contribution in [3.8, 4) is 17.0 Å². The van der Waals surface area contributed by atoms with Gasteiger partial charge in [0.2, 0.25) is 0 Å². The van der Waals surface area contributed by atoms with Crippen molar-refractivity contribution in [1.29, 1.82) is 0 Å². The van der Waals surface area contributed by atoms with Gasteiger partial charge in [0.1, 0.15) is 5.75 Å². The molecule has 0 aliphatic rings. The molecule has 0 fully saturated rings. The number of methoxy groups -OCH3 is 1. The predicted octanol–water partition coefficient (Wildman–Crippen LogP) is 1.55. The first kappa shape index (κ1) is 10.7. The highest BCUT2D eigenvalue weighted by atomic mass is 16.5. The number of hydrogen-bond donors (Lipinski definition) is 1. The minimum Gasteiger partial charge on any atom is -0.497 e. The predicted molar refractivity (Wildman–Crippen MR) is 63.1 cm³/mol. The van der Waals surface area contributed by atoms with Gasteiger partial charge in [-0.2, -0.15) is 5.10 Å². The first-order chi connectivity index (χ1) is 7.74. The van der Waals surface area contributed by atoms with E-state index in [1.165, 1.54) is 0 Å². The molecule has 0 aliphatic carbocycles. The number of ether oxygens (including phenoxy) is 1. The van der Waals surface area contributed by atoms with Crippen molar-refractivity contribution in [3.05, 3.63) is 36.0 Å². The van der Waals surface area contributed by atoms with Gasteiger partial charge in [0.05, 0.1) is 12.8 Å². The Hall–Kier alpha value is -1.81. The summed E-state index contributed by atoms with van der Waals surface area (Å²) in [5.41, 5.74) is 8.72. The van der Waals surface area contributed by atoms with Crippen LogP contribution in [0.3, 0.4) is 0 Å². The first-order valence-electron chi connectivity index (χ1n) is 5.11. The van der Waals surface area contributed by atoms with E-state index in [9.17, 15) is 0 Å². The number of benzene rings is 1. The van der Waals surface area contributed by atoms with Gasteiger partial charge in [-0.3, -0.25) is 4.68 Å². The number of rotatable bonds is 3. The Balaban J connectivity index is 2.41. The molecule has 2 N–H and O–H groups in total. The van der Waals surface area contributed by atoms with E-state index in [0.29, 0.717) is 6.54 Å². The summed E-state index contributed by atoms with van der Waals surface area (Å²) in [7, 11) is 3.55. The third kappa shape index (κ3) is 1.92. The molecule has 0 radical (unpaired) electrons. The molecule has 1 heterocycles. The van der Waals surface area contributed by atoms with Crippen molar-refractivity contribution in [2.45, 2.75) is 6.54 Å². The van der Waals surface area contributed by atoms with Crippen LogP contribution in [0.25, 0.3) is 11.3 Å². The first-order valence-corrected chi connectivity index (χ1v) is 5.11. The van der Waals surface area contributed by atoms with E-state index in [2.05, 4.69) is 5.10 Å². The second-order valence-corrected chi connectivity index (χ2v) is 3.61. The Morgan fingerprint density at radius 3 is 2.56 bits per heavy atom. The highest BCUT2D eigenvalue weighted by Crippen LogP contribution is 2.23. The van der Waals surface area contributed by atoms with Crippen LogP contribution in [-0.2, 0) is 13.6 Å². The molecule has 0 saturated heterocycles. The molecular weight excluding hydrogens is 202 g/mol. The molecule has 0 saturated carbocycles. The molecule has 0 atom stereocenters. The van der Waals surface area contributed by atoms with Crippen LogP contribution in [0, 0.1) is 0 Å². The minimum atomic E-state index is 0.495. The summed E-state index contributed by atoms with van der Waals surface area (Å²) in [6, 6.07) is 7.81. The van der Waals surface area contributed by atoms with E-state index >= 15 is 0 Å². The molecule has 0 aliphatic heterocycles. The lowest BCUT2D eigenvalue weighted by atomic mass is 10.1. The monoisotopic (exact) mass is 217 g/mol. The van der Waals surface area contributed by atoms with Gasteiger partial charge < -0.3 is 10.5 Å². The van der Waals surface area contributed by atoms with E-state index < -0.39 is 0 Å². The minimum absolute atomic E-state index is 0.495. The quantitative estimate of drug-likeness (QED) is 0.848. The van der Waals surface area contributed by atoms with Crippen LogP contribution in [0.4, 0.5) is 0 Å². The van der Waals surface area contributed by atoms with E-state index in [0.717, 1.165) is 22.6 Å². The lowest BCUT2D eigenvalue weighted by Crippen LogP contribution is -1.96. The number of nitrogens with zero attached hydrogens (tertiary/aromatic N) is 2. The molecule has 1 aromatic carbocycles. The largest absolute Gasteiger partial charge is 0.497 e. The Morgan fingerprint density at radius 1 is 1.31 bits per heavy atom. The summed E-state index contributed by atoms with van der Waals surface area (Å²) >= 11 is 0. The smallest absolute Gasteiger partial charge is 0.118 e. The van der Waals surface area contributed by atoms with Gasteiger partial charge in [-0.05, 0) is 24.3 Å². The summed E-state index contributed by atoms with van der Waals surface area (Å²) in [6.07, 6.45) is 1.94. The van der Waals surface area contributed by atoms with E-state index in [-0.39, 0.29) is 0 Å². The summed E-state index contributed by atoms with van der Waals surface area (Å²) in [4.78, 5) is 0. The third-order valence-corrected chi connectivity index (χ3v) is 2.49. The summed E-state index contributed by atoms with van der Waals surface area (Å²) < 4.78 is 6.90. The fourth-order valence-corrected chi connectivity index (χ4v) is 1.68. The molecule has 0 amide bonds. The van der Waals surface area contributed by atoms with Gasteiger partial charge >= 0.3 is 0 Å². The topological polar surface area (TPSA) is 53.1 Å². The van der Waals surface area contributed by atoms with Crippen molar-refractivity contribution in [2.75, 3.05) is 7.11 Å². The molecule has 2 aromatic rings. The van der Waals surface area contributed by atoms with E-state index in [1.807, 2.05) is 37.5 Å². The van der Waals surface area contributed by atoms with E-state index in [4.69, 9.17) is 10.5 Å². The molecule has 84 valence electrons. The zero-order valence-electron chi connectivity index (χ0n) is 9.47. The van der Waals surface area contributed by atoms with Crippen molar-refractivity contribution >= 4 is 0 Å². The molecule has 2 rings (SSSR count). The van der Waals surface area contributed by atoms with E-state index in [1.54, 1.807) is 11.8 Å². The van der Waals surface area contributed by atoms with Crippen LogP contribution in [-0.4, -0.2) is 16.9 Å². The second kappa shape index (κ2) is 4.37. The van der Waals surface area contributed by atoms with Gasteiger partial charge in [0.15, 0.2) is 0 Å². The Bertz CT molecular complexity index is 474. The second-order valence-electron chi connectivity index (χ2n) is 3.61. The Labute approximate surface area is 94.6 Å². The normalized spacial score (nSPS) is 10.4.